The van der Waals surface area contributed by atoms with Crippen molar-refractivity contribution in [3.8, 4) is 11.5 Å². The smallest absolute Gasteiger partial charge is 0.363 e. The third kappa shape index (κ3) is 5.53. The maximum absolute atomic E-state index is 12.2. The number of hydrogen-bond acceptors (Lipinski definition) is 5. The van der Waals surface area contributed by atoms with Gasteiger partial charge >= 0.3 is 5.97 Å². The van der Waals surface area contributed by atoms with E-state index in [9.17, 15) is 4.79 Å². The van der Waals surface area contributed by atoms with Crippen LogP contribution in [-0.4, -0.2) is 25.1 Å². The number of hydrogen-bond donors (Lipinski definition) is 0. The van der Waals surface area contributed by atoms with E-state index in [2.05, 4.69) is 4.99 Å². The third-order valence-corrected chi connectivity index (χ3v) is 4.77. The van der Waals surface area contributed by atoms with Crippen molar-refractivity contribution in [2.45, 2.75) is 6.42 Å². The third-order valence-electron chi connectivity index (χ3n) is 4.45. The molecule has 0 bridgehead atoms. The Bertz CT molecular complexity index is 1130. The fraction of sp³-hybridized carbons (Fsp3) is 0.120. The molecule has 3 aromatic carbocycles. The average Bonchev–Trinajstić information content (AvgIpc) is 3.16. The predicted octanol–water partition coefficient (Wildman–Crippen LogP) is 5.53. The Hall–Kier alpha value is -3.57. The molecule has 1 heterocycles. The molecule has 1 aliphatic heterocycles. The lowest BCUT2D eigenvalue weighted by Gasteiger charge is -2.09. The van der Waals surface area contributed by atoms with Crippen molar-refractivity contribution in [2.24, 2.45) is 4.99 Å². The maximum Gasteiger partial charge on any atom is 0.363 e. The summed E-state index contributed by atoms with van der Waals surface area (Å²) < 4.78 is 16.7. The van der Waals surface area contributed by atoms with Gasteiger partial charge in [-0.15, -0.1) is 0 Å². The van der Waals surface area contributed by atoms with Gasteiger partial charge in [-0.25, -0.2) is 9.79 Å². The molecular weight excluding hydrogens is 414 g/mol. The summed E-state index contributed by atoms with van der Waals surface area (Å²) in [4.78, 5) is 16.5. The molecule has 0 aliphatic carbocycles. The molecule has 0 spiro atoms. The molecule has 0 saturated heterocycles. The van der Waals surface area contributed by atoms with E-state index in [-0.39, 0.29) is 5.70 Å². The van der Waals surface area contributed by atoms with E-state index in [0.717, 1.165) is 11.1 Å². The Morgan fingerprint density at radius 3 is 2.52 bits per heavy atom. The normalized spacial score (nSPS) is 14.3. The standard InChI is InChI=1S/C25H20ClNO4/c26-21-12-4-5-13-23(21)30-15-7-14-29-20-11-6-8-18(16-20)17-22-25(28)31-24(27-22)19-9-2-1-3-10-19/h1-6,8-13,16-17H,7,14-15H2. The van der Waals surface area contributed by atoms with Crippen molar-refractivity contribution in [2.75, 3.05) is 13.2 Å². The second kappa shape index (κ2) is 9.96. The minimum absolute atomic E-state index is 0.254. The summed E-state index contributed by atoms with van der Waals surface area (Å²) in [5.41, 5.74) is 1.81. The van der Waals surface area contributed by atoms with Crippen LogP contribution in [0.15, 0.2) is 89.6 Å². The van der Waals surface area contributed by atoms with E-state index in [1.165, 1.54) is 0 Å². The van der Waals surface area contributed by atoms with Gasteiger partial charge in [0.1, 0.15) is 11.5 Å². The Morgan fingerprint density at radius 2 is 1.68 bits per heavy atom. The van der Waals surface area contributed by atoms with Gasteiger partial charge < -0.3 is 14.2 Å². The van der Waals surface area contributed by atoms with E-state index in [1.54, 1.807) is 12.1 Å². The Morgan fingerprint density at radius 1 is 0.903 bits per heavy atom. The minimum atomic E-state index is -0.470. The summed E-state index contributed by atoms with van der Waals surface area (Å²) in [7, 11) is 0. The van der Waals surface area contributed by atoms with Crippen LogP contribution in [0.5, 0.6) is 11.5 Å². The fourth-order valence-electron chi connectivity index (χ4n) is 2.96. The first-order valence-electron chi connectivity index (χ1n) is 9.87. The zero-order chi connectivity index (χ0) is 21.5. The van der Waals surface area contributed by atoms with Crippen LogP contribution in [0.2, 0.25) is 5.02 Å². The summed E-state index contributed by atoms with van der Waals surface area (Å²) in [6, 6.07) is 24.2. The molecule has 0 aromatic heterocycles. The molecule has 156 valence electrons. The number of benzene rings is 3. The van der Waals surface area contributed by atoms with Crippen LogP contribution in [0.3, 0.4) is 0 Å². The van der Waals surface area contributed by atoms with Crippen LogP contribution in [0.4, 0.5) is 0 Å². The minimum Gasteiger partial charge on any atom is -0.493 e. The van der Waals surface area contributed by atoms with Crippen molar-refractivity contribution < 1.29 is 19.0 Å². The highest BCUT2D eigenvalue weighted by Gasteiger charge is 2.23. The number of carbonyl (C=O) groups excluding carboxylic acids is 1. The number of halogens is 1. The van der Waals surface area contributed by atoms with Crippen LogP contribution in [0.1, 0.15) is 17.5 Å². The number of ether oxygens (including phenoxy) is 3. The summed E-state index contributed by atoms with van der Waals surface area (Å²) in [5.74, 6) is 1.20. The number of rotatable bonds is 8. The number of carbonyl (C=O) groups is 1. The van der Waals surface area contributed by atoms with Gasteiger partial charge in [0.2, 0.25) is 5.90 Å². The molecule has 0 radical (unpaired) electrons. The van der Waals surface area contributed by atoms with Crippen molar-refractivity contribution in [1.29, 1.82) is 0 Å². The summed E-state index contributed by atoms with van der Waals surface area (Å²) in [6.07, 6.45) is 2.39. The van der Waals surface area contributed by atoms with Gasteiger partial charge in [-0.2, -0.15) is 0 Å². The number of esters is 1. The van der Waals surface area contributed by atoms with Gasteiger partial charge in [0.15, 0.2) is 5.70 Å². The maximum atomic E-state index is 12.2. The summed E-state index contributed by atoms with van der Waals surface area (Å²) >= 11 is 6.07. The molecule has 0 amide bonds. The van der Waals surface area contributed by atoms with Crippen LogP contribution >= 0.6 is 11.6 Å². The second-order valence-corrected chi connectivity index (χ2v) is 7.16. The lowest BCUT2D eigenvalue weighted by Crippen LogP contribution is -2.05. The Labute approximate surface area is 185 Å². The van der Waals surface area contributed by atoms with Crippen molar-refractivity contribution in [3.63, 3.8) is 0 Å². The number of nitrogens with zero attached hydrogens (tertiary/aromatic N) is 1. The first kappa shape index (κ1) is 20.7. The predicted molar refractivity (Wildman–Crippen MR) is 121 cm³/mol. The molecule has 4 rings (SSSR count). The van der Waals surface area contributed by atoms with Gasteiger partial charge in [0, 0.05) is 12.0 Å². The molecule has 0 unspecified atom stereocenters. The quantitative estimate of drug-likeness (QED) is 0.266. The van der Waals surface area contributed by atoms with Crippen molar-refractivity contribution >= 4 is 29.5 Å². The molecule has 6 heteroatoms. The summed E-state index contributed by atoms with van der Waals surface area (Å²) in [6.45, 7) is 0.985. The molecule has 31 heavy (non-hydrogen) atoms. The molecular formula is C25H20ClNO4. The van der Waals surface area contributed by atoms with Gasteiger partial charge in [0.25, 0.3) is 0 Å². The highest BCUT2D eigenvalue weighted by Crippen LogP contribution is 2.24. The SMILES string of the molecule is O=C1OC(c2ccccc2)=NC1=Cc1cccc(OCCCOc2ccccc2Cl)c1. The molecule has 0 N–H and O–H groups in total. The fourth-order valence-corrected chi connectivity index (χ4v) is 3.15. The van der Waals surface area contributed by atoms with E-state index in [1.807, 2.05) is 72.8 Å². The van der Waals surface area contributed by atoms with Crippen molar-refractivity contribution in [3.05, 3.63) is 101 Å². The van der Waals surface area contributed by atoms with Crippen molar-refractivity contribution in [1.82, 2.24) is 0 Å². The molecule has 0 atom stereocenters. The lowest BCUT2D eigenvalue weighted by atomic mass is 10.2. The first-order valence-corrected chi connectivity index (χ1v) is 10.2. The Balaban J connectivity index is 1.33. The zero-order valence-electron chi connectivity index (χ0n) is 16.7. The molecule has 0 saturated carbocycles. The Kier molecular flexibility index (Phi) is 6.65. The molecule has 0 fully saturated rings. The van der Waals surface area contributed by atoms with E-state index in [0.29, 0.717) is 42.1 Å². The van der Waals surface area contributed by atoms with Crippen LogP contribution in [0.25, 0.3) is 6.08 Å². The highest BCUT2D eigenvalue weighted by molar-refractivity contribution is 6.32. The van der Waals surface area contributed by atoms with Gasteiger partial charge in [0.05, 0.1) is 18.2 Å². The zero-order valence-corrected chi connectivity index (χ0v) is 17.4. The number of para-hydroxylation sites is 1. The highest BCUT2D eigenvalue weighted by atomic mass is 35.5. The number of aliphatic imine (C=N–C) groups is 1. The van der Waals surface area contributed by atoms with Crippen LogP contribution in [0, 0.1) is 0 Å². The topological polar surface area (TPSA) is 57.1 Å². The molecule has 3 aromatic rings. The second-order valence-electron chi connectivity index (χ2n) is 6.76. The van der Waals surface area contributed by atoms with E-state index >= 15 is 0 Å². The number of cyclic esters (lactones) is 1. The monoisotopic (exact) mass is 433 g/mol. The van der Waals surface area contributed by atoms with Crippen LogP contribution < -0.4 is 9.47 Å². The lowest BCUT2D eigenvalue weighted by molar-refractivity contribution is -0.129. The van der Waals surface area contributed by atoms with Gasteiger partial charge in [-0.3, -0.25) is 0 Å². The van der Waals surface area contributed by atoms with Gasteiger partial charge in [-0.05, 0) is 48.0 Å². The summed E-state index contributed by atoms with van der Waals surface area (Å²) in [5, 5.41) is 0.590. The van der Waals surface area contributed by atoms with E-state index < -0.39 is 5.97 Å². The average molecular weight is 434 g/mol. The molecule has 1 aliphatic rings. The van der Waals surface area contributed by atoms with E-state index in [4.69, 9.17) is 25.8 Å². The molecule has 5 nitrogen and oxygen atoms in total. The largest absolute Gasteiger partial charge is 0.493 e. The van der Waals surface area contributed by atoms with Crippen LogP contribution in [-0.2, 0) is 9.53 Å². The first-order chi connectivity index (χ1) is 15.2. The van der Waals surface area contributed by atoms with Gasteiger partial charge in [-0.1, -0.05) is 54.1 Å².